The topological polar surface area (TPSA) is 57.0 Å². The molecule has 0 rings (SSSR count). The van der Waals surface area contributed by atoms with Crippen molar-refractivity contribution in [2.24, 2.45) is 5.73 Å². The summed E-state index contributed by atoms with van der Waals surface area (Å²) in [6, 6.07) is 0. The fourth-order valence-electron chi connectivity index (χ4n) is 1.43. The lowest BCUT2D eigenvalue weighted by molar-refractivity contribution is 0.0732. The van der Waals surface area contributed by atoms with Crippen molar-refractivity contribution in [3.63, 3.8) is 0 Å². The van der Waals surface area contributed by atoms with E-state index in [4.69, 9.17) is 19.9 Å². The van der Waals surface area contributed by atoms with E-state index in [1.54, 1.807) is 21.3 Å². The third-order valence-electron chi connectivity index (χ3n) is 2.59. The monoisotopic (exact) mass is 234 g/mol. The van der Waals surface area contributed by atoms with Crippen LogP contribution in [-0.2, 0) is 14.2 Å². The van der Waals surface area contributed by atoms with E-state index in [9.17, 15) is 0 Å². The maximum absolute atomic E-state index is 5.58. The van der Waals surface area contributed by atoms with E-state index >= 15 is 0 Å². The minimum absolute atomic E-state index is 0.146. The highest BCUT2D eigenvalue weighted by Crippen LogP contribution is 1.99. The Hall–Kier alpha value is -0.200. The molecule has 0 aromatic carbocycles. The van der Waals surface area contributed by atoms with E-state index in [1.807, 2.05) is 0 Å². The first-order valence-electron chi connectivity index (χ1n) is 5.71. The van der Waals surface area contributed by atoms with Gasteiger partial charge in [0.05, 0.1) is 19.3 Å². The average molecular weight is 234 g/mol. The van der Waals surface area contributed by atoms with Crippen LogP contribution in [0, 0.1) is 0 Å². The summed E-state index contributed by atoms with van der Waals surface area (Å²) in [6.45, 7) is 4.84. The molecule has 0 fully saturated rings. The number of hydrogen-bond acceptors (Lipinski definition) is 5. The van der Waals surface area contributed by atoms with Crippen molar-refractivity contribution in [3.8, 4) is 0 Å². The van der Waals surface area contributed by atoms with Crippen LogP contribution in [-0.4, -0.2) is 71.7 Å². The summed E-state index contributed by atoms with van der Waals surface area (Å²) in [5, 5.41) is 0. The van der Waals surface area contributed by atoms with Crippen molar-refractivity contribution < 1.29 is 14.2 Å². The van der Waals surface area contributed by atoms with Gasteiger partial charge in [-0.2, -0.15) is 0 Å². The number of ether oxygens (including phenoxy) is 3. The van der Waals surface area contributed by atoms with Gasteiger partial charge in [0.1, 0.15) is 0 Å². The summed E-state index contributed by atoms with van der Waals surface area (Å²) < 4.78 is 15.4. The minimum atomic E-state index is 0.146. The summed E-state index contributed by atoms with van der Waals surface area (Å²) in [7, 11) is 5.13. The lowest BCUT2D eigenvalue weighted by atomic mass is 10.2. The van der Waals surface area contributed by atoms with Gasteiger partial charge < -0.3 is 19.9 Å². The molecule has 0 spiro atoms. The first-order valence-corrected chi connectivity index (χ1v) is 5.71. The van der Waals surface area contributed by atoms with E-state index in [-0.39, 0.29) is 6.10 Å². The second kappa shape index (κ2) is 11.3. The van der Waals surface area contributed by atoms with Gasteiger partial charge >= 0.3 is 0 Å². The van der Waals surface area contributed by atoms with E-state index in [1.165, 1.54) is 0 Å². The van der Waals surface area contributed by atoms with Gasteiger partial charge in [0.25, 0.3) is 0 Å². The summed E-state index contributed by atoms with van der Waals surface area (Å²) in [5.41, 5.74) is 5.58. The highest BCUT2D eigenvalue weighted by Gasteiger charge is 2.09. The van der Waals surface area contributed by atoms with Crippen LogP contribution in [0.25, 0.3) is 0 Å². The molecule has 0 aliphatic rings. The molecule has 0 radical (unpaired) electrons. The molecule has 98 valence electrons. The van der Waals surface area contributed by atoms with Crippen LogP contribution in [0.3, 0.4) is 0 Å². The zero-order chi connectivity index (χ0) is 12.2. The maximum Gasteiger partial charge on any atom is 0.0705 e. The molecule has 0 aliphatic heterocycles. The van der Waals surface area contributed by atoms with Crippen LogP contribution in [0.2, 0.25) is 0 Å². The SMILES string of the molecule is COCCN(CCOC)CCC(CN)OC. The van der Waals surface area contributed by atoms with Crippen molar-refractivity contribution in [2.45, 2.75) is 12.5 Å². The van der Waals surface area contributed by atoms with Gasteiger partial charge in [-0.15, -0.1) is 0 Å². The molecule has 0 aliphatic carbocycles. The number of nitrogens with two attached hydrogens (primary N) is 1. The number of nitrogens with zero attached hydrogens (tertiary/aromatic N) is 1. The molecule has 5 heteroatoms. The molecule has 0 heterocycles. The standard InChI is InChI=1S/C11H26N2O3/c1-14-8-6-13(7-9-15-2)5-4-11(10-12)16-3/h11H,4-10,12H2,1-3H3. The largest absolute Gasteiger partial charge is 0.383 e. The predicted molar refractivity (Wildman–Crippen MR) is 64.7 cm³/mol. The van der Waals surface area contributed by atoms with Gasteiger partial charge in [0.2, 0.25) is 0 Å². The Bertz CT molecular complexity index is 135. The van der Waals surface area contributed by atoms with Crippen LogP contribution < -0.4 is 5.73 Å². The smallest absolute Gasteiger partial charge is 0.0705 e. The number of rotatable bonds is 11. The van der Waals surface area contributed by atoms with Crippen molar-refractivity contribution in [1.82, 2.24) is 4.90 Å². The van der Waals surface area contributed by atoms with Crippen molar-refractivity contribution >= 4 is 0 Å². The van der Waals surface area contributed by atoms with Crippen LogP contribution in [0.4, 0.5) is 0 Å². The highest BCUT2D eigenvalue weighted by atomic mass is 16.5. The zero-order valence-electron chi connectivity index (χ0n) is 10.8. The normalized spacial score (nSPS) is 13.3. The molecular formula is C11H26N2O3. The average Bonchev–Trinajstić information content (AvgIpc) is 2.32. The van der Waals surface area contributed by atoms with E-state index in [2.05, 4.69) is 4.90 Å². The van der Waals surface area contributed by atoms with Gasteiger partial charge in [-0.3, -0.25) is 4.90 Å². The van der Waals surface area contributed by atoms with Crippen molar-refractivity contribution in [1.29, 1.82) is 0 Å². The number of hydrogen-bond donors (Lipinski definition) is 1. The first kappa shape index (κ1) is 15.8. The van der Waals surface area contributed by atoms with Crippen molar-refractivity contribution in [2.75, 3.05) is 60.7 Å². The molecular weight excluding hydrogens is 208 g/mol. The summed E-state index contributed by atoms with van der Waals surface area (Å²) in [6.07, 6.45) is 1.09. The fourth-order valence-corrected chi connectivity index (χ4v) is 1.43. The second-order valence-corrected chi connectivity index (χ2v) is 3.71. The molecule has 5 nitrogen and oxygen atoms in total. The Balaban J connectivity index is 3.79. The molecule has 0 bridgehead atoms. The Morgan fingerprint density at radius 3 is 1.94 bits per heavy atom. The summed E-state index contributed by atoms with van der Waals surface area (Å²) in [4.78, 5) is 2.30. The van der Waals surface area contributed by atoms with Gasteiger partial charge in [0, 0.05) is 47.5 Å². The van der Waals surface area contributed by atoms with Gasteiger partial charge in [-0.05, 0) is 6.42 Å². The van der Waals surface area contributed by atoms with Crippen molar-refractivity contribution in [3.05, 3.63) is 0 Å². The minimum Gasteiger partial charge on any atom is -0.383 e. The lowest BCUT2D eigenvalue weighted by Crippen LogP contribution is -2.35. The third-order valence-corrected chi connectivity index (χ3v) is 2.59. The third kappa shape index (κ3) is 8.01. The molecule has 0 amide bonds. The maximum atomic E-state index is 5.58. The Morgan fingerprint density at radius 1 is 1.00 bits per heavy atom. The Labute approximate surface area is 98.8 Å². The van der Waals surface area contributed by atoms with Crippen LogP contribution in [0.15, 0.2) is 0 Å². The van der Waals surface area contributed by atoms with Gasteiger partial charge in [0.15, 0.2) is 0 Å². The summed E-state index contributed by atoms with van der Waals surface area (Å²) in [5.74, 6) is 0. The van der Waals surface area contributed by atoms with E-state index in [0.717, 1.165) is 39.3 Å². The quantitative estimate of drug-likeness (QED) is 0.543. The molecule has 0 aromatic heterocycles. The highest BCUT2D eigenvalue weighted by molar-refractivity contribution is 4.64. The van der Waals surface area contributed by atoms with Gasteiger partial charge in [-0.1, -0.05) is 0 Å². The zero-order valence-corrected chi connectivity index (χ0v) is 10.8. The number of methoxy groups -OCH3 is 3. The molecule has 2 N–H and O–H groups in total. The van der Waals surface area contributed by atoms with Crippen LogP contribution in [0.5, 0.6) is 0 Å². The molecule has 1 unspecified atom stereocenters. The Kier molecular flexibility index (Phi) is 11.1. The molecule has 0 saturated carbocycles. The van der Waals surface area contributed by atoms with Crippen LogP contribution >= 0.6 is 0 Å². The first-order chi connectivity index (χ1) is 7.78. The molecule has 1 atom stereocenters. The summed E-state index contributed by atoms with van der Waals surface area (Å²) >= 11 is 0. The molecule has 0 aromatic rings. The predicted octanol–water partition coefficient (Wildman–Crippen LogP) is -0.0550. The second-order valence-electron chi connectivity index (χ2n) is 3.71. The molecule has 16 heavy (non-hydrogen) atoms. The van der Waals surface area contributed by atoms with Crippen LogP contribution in [0.1, 0.15) is 6.42 Å². The lowest BCUT2D eigenvalue weighted by Gasteiger charge is -2.23. The van der Waals surface area contributed by atoms with Gasteiger partial charge in [-0.25, -0.2) is 0 Å². The fraction of sp³-hybridized carbons (Fsp3) is 1.00. The Morgan fingerprint density at radius 2 is 1.56 bits per heavy atom. The van der Waals surface area contributed by atoms with E-state index in [0.29, 0.717) is 6.54 Å². The van der Waals surface area contributed by atoms with E-state index < -0.39 is 0 Å². The molecule has 0 saturated heterocycles.